The topological polar surface area (TPSA) is 68.0 Å². The summed E-state index contributed by atoms with van der Waals surface area (Å²) in [5.74, 6) is 3.18. The number of nitrogens with zero attached hydrogens (tertiary/aromatic N) is 1. The molecule has 2 heterocycles. The first-order valence-electron chi connectivity index (χ1n) is 9.50. The molecule has 2 N–H and O–H groups in total. The van der Waals surface area contributed by atoms with Crippen molar-refractivity contribution >= 4 is 5.96 Å². The second-order valence-corrected chi connectivity index (χ2v) is 6.85. The molecule has 1 atom stereocenters. The number of guanidine groups is 1. The first kappa shape index (κ1) is 19.3. The van der Waals surface area contributed by atoms with Gasteiger partial charge in [-0.05, 0) is 37.1 Å². The molecule has 0 spiro atoms. The van der Waals surface area contributed by atoms with Crippen molar-refractivity contribution in [3.63, 3.8) is 0 Å². The van der Waals surface area contributed by atoms with Crippen LogP contribution < -0.4 is 15.4 Å². The zero-order valence-electron chi connectivity index (χ0n) is 16.2. The van der Waals surface area contributed by atoms with Crippen LogP contribution in [-0.2, 0) is 17.7 Å². The van der Waals surface area contributed by atoms with Crippen LogP contribution in [0, 0.1) is 12.8 Å². The van der Waals surface area contributed by atoms with Gasteiger partial charge in [0.2, 0.25) is 0 Å². The van der Waals surface area contributed by atoms with E-state index in [0.717, 1.165) is 62.2 Å². The molecule has 0 amide bonds. The Morgan fingerprint density at radius 3 is 2.96 bits per heavy atom. The molecule has 0 aliphatic carbocycles. The highest BCUT2D eigenvalue weighted by atomic mass is 16.5. The predicted molar refractivity (Wildman–Crippen MR) is 106 cm³/mol. The Morgan fingerprint density at radius 1 is 1.30 bits per heavy atom. The van der Waals surface area contributed by atoms with E-state index < -0.39 is 0 Å². The molecule has 2 aromatic rings. The van der Waals surface area contributed by atoms with Crippen molar-refractivity contribution in [1.82, 2.24) is 10.6 Å². The third kappa shape index (κ3) is 6.03. The first-order valence-corrected chi connectivity index (χ1v) is 9.50. The third-order valence-corrected chi connectivity index (χ3v) is 4.68. The van der Waals surface area contributed by atoms with Crippen LogP contribution in [0.4, 0.5) is 0 Å². The molecule has 6 heteroatoms. The number of rotatable bonds is 8. The molecule has 1 fully saturated rings. The molecule has 1 aliphatic heterocycles. The number of hydrogen-bond acceptors (Lipinski definition) is 4. The van der Waals surface area contributed by atoms with Gasteiger partial charge in [0.15, 0.2) is 5.96 Å². The molecule has 0 radical (unpaired) electrons. The molecule has 27 heavy (non-hydrogen) atoms. The summed E-state index contributed by atoms with van der Waals surface area (Å²) in [6.07, 6.45) is 3.61. The second-order valence-electron chi connectivity index (χ2n) is 6.85. The van der Waals surface area contributed by atoms with Crippen molar-refractivity contribution in [2.24, 2.45) is 10.9 Å². The van der Waals surface area contributed by atoms with E-state index in [-0.39, 0.29) is 0 Å². The van der Waals surface area contributed by atoms with Crippen LogP contribution in [0.3, 0.4) is 0 Å². The Bertz CT molecular complexity index is 722. The lowest BCUT2D eigenvalue weighted by Crippen LogP contribution is -2.40. The summed E-state index contributed by atoms with van der Waals surface area (Å²) in [6.45, 7) is 5.90. The van der Waals surface area contributed by atoms with Gasteiger partial charge in [0.25, 0.3) is 0 Å². The molecule has 6 nitrogen and oxygen atoms in total. The normalized spacial score (nSPS) is 17.1. The molecule has 146 valence electrons. The smallest absolute Gasteiger partial charge is 0.191 e. The highest BCUT2D eigenvalue weighted by Gasteiger charge is 2.16. The Labute approximate surface area is 161 Å². The number of aryl methyl sites for hydroxylation is 1. The van der Waals surface area contributed by atoms with Crippen molar-refractivity contribution in [3.8, 4) is 5.75 Å². The molecule has 1 saturated heterocycles. The van der Waals surface area contributed by atoms with E-state index in [9.17, 15) is 0 Å². The maximum absolute atomic E-state index is 5.49. The summed E-state index contributed by atoms with van der Waals surface area (Å²) in [6, 6.07) is 10.1. The van der Waals surface area contributed by atoms with Crippen molar-refractivity contribution < 1.29 is 13.9 Å². The van der Waals surface area contributed by atoms with Gasteiger partial charge in [0.1, 0.15) is 11.5 Å². The fraction of sp³-hybridized carbons (Fsp3) is 0.476. The van der Waals surface area contributed by atoms with Crippen LogP contribution in [0.5, 0.6) is 5.75 Å². The third-order valence-electron chi connectivity index (χ3n) is 4.68. The molecule has 1 aliphatic rings. The van der Waals surface area contributed by atoms with Gasteiger partial charge in [-0.15, -0.1) is 0 Å². The number of benzene rings is 1. The van der Waals surface area contributed by atoms with E-state index in [1.54, 1.807) is 13.4 Å². The maximum atomic E-state index is 5.49. The van der Waals surface area contributed by atoms with Crippen molar-refractivity contribution in [1.29, 1.82) is 0 Å². The summed E-state index contributed by atoms with van der Waals surface area (Å²) < 4.78 is 16.3. The Hall–Kier alpha value is -2.47. The van der Waals surface area contributed by atoms with Crippen molar-refractivity contribution in [3.05, 3.63) is 53.5 Å². The summed E-state index contributed by atoms with van der Waals surface area (Å²) in [5.41, 5.74) is 2.25. The standard InChI is InChI=1S/C21H29N3O3/c1-16-5-6-18(20(12-16)25-2)14-24-21(23-13-17-8-11-26-15-17)22-9-7-19-4-3-10-27-19/h3-6,10,12,17H,7-9,11,13-15H2,1-2H3,(H2,22,23,24). The lowest BCUT2D eigenvalue weighted by molar-refractivity contribution is 0.186. The Balaban J connectivity index is 1.60. The van der Waals surface area contributed by atoms with Crippen LogP contribution in [0.15, 0.2) is 46.0 Å². The van der Waals surface area contributed by atoms with Gasteiger partial charge in [0, 0.05) is 37.6 Å². The van der Waals surface area contributed by atoms with E-state index in [1.165, 1.54) is 5.56 Å². The Morgan fingerprint density at radius 2 is 2.22 bits per heavy atom. The summed E-state index contributed by atoms with van der Waals surface area (Å²) in [5, 5.41) is 6.85. The fourth-order valence-corrected chi connectivity index (χ4v) is 3.07. The first-order chi connectivity index (χ1) is 13.2. The lowest BCUT2D eigenvalue weighted by Gasteiger charge is -2.15. The zero-order valence-corrected chi connectivity index (χ0v) is 16.2. The average molecular weight is 371 g/mol. The Kier molecular flexibility index (Phi) is 7.16. The van der Waals surface area contributed by atoms with Crippen molar-refractivity contribution in [2.75, 3.05) is 33.4 Å². The second kappa shape index (κ2) is 10.0. The fourth-order valence-electron chi connectivity index (χ4n) is 3.07. The molecular formula is C21H29N3O3. The minimum atomic E-state index is 0.538. The van der Waals surface area contributed by atoms with E-state index in [0.29, 0.717) is 12.5 Å². The number of ether oxygens (including phenoxy) is 2. The van der Waals surface area contributed by atoms with E-state index in [4.69, 9.17) is 18.9 Å². The number of aliphatic imine (C=N–C) groups is 1. The molecule has 3 rings (SSSR count). The van der Waals surface area contributed by atoms with Gasteiger partial charge in [-0.3, -0.25) is 0 Å². The van der Waals surface area contributed by atoms with E-state index >= 15 is 0 Å². The van der Waals surface area contributed by atoms with Crippen LogP contribution in [0.2, 0.25) is 0 Å². The van der Waals surface area contributed by atoms with Gasteiger partial charge in [-0.2, -0.15) is 0 Å². The zero-order chi connectivity index (χ0) is 18.9. The SMILES string of the molecule is COc1cc(C)ccc1CN=C(NCCc1ccco1)NCC1CCOC1. The quantitative estimate of drug-likeness (QED) is 0.552. The van der Waals surface area contributed by atoms with Gasteiger partial charge in [0.05, 0.1) is 26.5 Å². The van der Waals surface area contributed by atoms with Crippen LogP contribution in [0.25, 0.3) is 0 Å². The van der Waals surface area contributed by atoms with Gasteiger partial charge in [-0.25, -0.2) is 4.99 Å². The monoisotopic (exact) mass is 371 g/mol. The summed E-state index contributed by atoms with van der Waals surface area (Å²) in [4.78, 5) is 4.76. The molecular weight excluding hydrogens is 342 g/mol. The van der Waals surface area contributed by atoms with Crippen LogP contribution in [-0.4, -0.2) is 39.4 Å². The van der Waals surface area contributed by atoms with Gasteiger partial charge in [-0.1, -0.05) is 12.1 Å². The largest absolute Gasteiger partial charge is 0.496 e. The predicted octanol–water partition coefficient (Wildman–Crippen LogP) is 2.91. The van der Waals surface area contributed by atoms with Gasteiger partial charge < -0.3 is 24.5 Å². The van der Waals surface area contributed by atoms with E-state index in [2.05, 4.69) is 29.7 Å². The highest BCUT2D eigenvalue weighted by molar-refractivity contribution is 5.79. The summed E-state index contributed by atoms with van der Waals surface area (Å²) in [7, 11) is 1.70. The van der Waals surface area contributed by atoms with Gasteiger partial charge >= 0.3 is 0 Å². The van der Waals surface area contributed by atoms with Crippen LogP contribution >= 0.6 is 0 Å². The summed E-state index contributed by atoms with van der Waals surface area (Å²) >= 11 is 0. The molecule has 1 aromatic heterocycles. The average Bonchev–Trinajstić information content (AvgIpc) is 3.38. The molecule has 0 saturated carbocycles. The number of methoxy groups -OCH3 is 1. The highest BCUT2D eigenvalue weighted by Crippen LogP contribution is 2.20. The maximum Gasteiger partial charge on any atom is 0.191 e. The number of nitrogens with one attached hydrogen (secondary N) is 2. The molecule has 0 bridgehead atoms. The van der Waals surface area contributed by atoms with Crippen molar-refractivity contribution in [2.45, 2.75) is 26.3 Å². The number of hydrogen-bond donors (Lipinski definition) is 2. The van der Waals surface area contributed by atoms with E-state index in [1.807, 2.05) is 18.2 Å². The molecule has 1 unspecified atom stereocenters. The number of furan rings is 1. The molecule has 1 aromatic carbocycles. The minimum Gasteiger partial charge on any atom is -0.496 e. The van der Waals surface area contributed by atoms with Crippen LogP contribution in [0.1, 0.15) is 23.3 Å². The minimum absolute atomic E-state index is 0.538. The lowest BCUT2D eigenvalue weighted by atomic mass is 10.1.